The van der Waals surface area contributed by atoms with Gasteiger partial charge in [0.25, 0.3) is 0 Å². The van der Waals surface area contributed by atoms with Gasteiger partial charge in [0.05, 0.1) is 5.52 Å². The van der Waals surface area contributed by atoms with Crippen LogP contribution in [0.2, 0.25) is 0 Å². The highest BCUT2D eigenvalue weighted by atomic mass is 35.5. The number of halogens is 2. The molecule has 0 aliphatic heterocycles. The molecule has 0 N–H and O–H groups in total. The summed E-state index contributed by atoms with van der Waals surface area (Å²) in [4.78, 5) is 4.51. The number of fused-ring (bicyclic) bond motifs is 1. The van der Waals surface area contributed by atoms with Gasteiger partial charge in [0.1, 0.15) is 11.3 Å². The van der Waals surface area contributed by atoms with Crippen LogP contribution in [0.3, 0.4) is 0 Å². The molecule has 5 heteroatoms. The number of aromatic nitrogens is 2. The summed E-state index contributed by atoms with van der Waals surface area (Å²) in [5.74, 6) is 2.37. The van der Waals surface area contributed by atoms with Crippen molar-refractivity contribution < 1.29 is 4.39 Å². The molecule has 0 saturated heterocycles. The molecule has 2 nitrogen and oxygen atoms in total. The molecule has 0 spiro atoms. The highest BCUT2D eigenvalue weighted by Crippen LogP contribution is 2.39. The molecule has 1 aliphatic carbocycles. The van der Waals surface area contributed by atoms with Crippen molar-refractivity contribution in [3.63, 3.8) is 0 Å². The number of alkyl halides is 1. The second-order valence-electron chi connectivity index (χ2n) is 5.49. The fourth-order valence-electron chi connectivity index (χ4n) is 3.34. The van der Waals surface area contributed by atoms with Crippen LogP contribution in [0, 0.1) is 5.82 Å². The second-order valence-corrected chi connectivity index (χ2v) is 7.44. The van der Waals surface area contributed by atoms with Crippen LogP contribution in [0.4, 0.5) is 4.39 Å². The minimum atomic E-state index is -0.237. The molecule has 114 valence electrons. The summed E-state index contributed by atoms with van der Waals surface area (Å²) in [7, 11) is 0. The summed E-state index contributed by atoms with van der Waals surface area (Å²) in [6, 6.07) is 5.66. The van der Waals surface area contributed by atoms with E-state index < -0.39 is 0 Å². The van der Waals surface area contributed by atoms with E-state index in [-0.39, 0.29) is 5.82 Å². The lowest BCUT2D eigenvalue weighted by Gasteiger charge is -2.17. The Morgan fingerprint density at radius 3 is 3.05 bits per heavy atom. The van der Waals surface area contributed by atoms with Crippen molar-refractivity contribution in [2.45, 2.75) is 43.9 Å². The van der Waals surface area contributed by atoms with E-state index in [4.69, 9.17) is 11.6 Å². The van der Waals surface area contributed by atoms with Gasteiger partial charge in [-0.3, -0.25) is 0 Å². The number of hydrogen-bond acceptors (Lipinski definition) is 2. The van der Waals surface area contributed by atoms with Gasteiger partial charge in [-0.25, -0.2) is 9.37 Å². The van der Waals surface area contributed by atoms with E-state index in [2.05, 4.69) is 16.5 Å². The standard InChI is InChI=1S/C16H20ClFN2S/c1-2-21-12-7-6-11(10-12)20-14-5-3-4-13(18)16(14)19-15(20)8-9-17/h3-5,11-12H,2,6-10H2,1H3. The Balaban J connectivity index is 2.00. The molecule has 0 amide bonds. The van der Waals surface area contributed by atoms with Gasteiger partial charge in [0.2, 0.25) is 0 Å². The van der Waals surface area contributed by atoms with E-state index >= 15 is 0 Å². The predicted molar refractivity (Wildman–Crippen MR) is 88.9 cm³/mol. The van der Waals surface area contributed by atoms with E-state index in [1.165, 1.54) is 12.5 Å². The van der Waals surface area contributed by atoms with Gasteiger partial charge in [0, 0.05) is 23.6 Å². The monoisotopic (exact) mass is 326 g/mol. The van der Waals surface area contributed by atoms with Crippen LogP contribution < -0.4 is 0 Å². The van der Waals surface area contributed by atoms with E-state index in [1.807, 2.05) is 17.8 Å². The Bertz CT molecular complexity index is 628. The third-order valence-electron chi connectivity index (χ3n) is 4.19. The van der Waals surface area contributed by atoms with E-state index in [0.29, 0.717) is 23.9 Å². The quantitative estimate of drug-likeness (QED) is 0.734. The summed E-state index contributed by atoms with van der Waals surface area (Å²) in [6.45, 7) is 2.21. The molecule has 1 aromatic carbocycles. The molecule has 0 bridgehead atoms. The highest BCUT2D eigenvalue weighted by Gasteiger charge is 2.29. The SMILES string of the molecule is CCSC1CCC(n2c(CCCl)nc3c(F)cccc32)C1. The molecule has 2 atom stereocenters. The summed E-state index contributed by atoms with van der Waals surface area (Å²) >= 11 is 7.94. The topological polar surface area (TPSA) is 17.8 Å². The summed E-state index contributed by atoms with van der Waals surface area (Å²) in [5.41, 5.74) is 1.41. The first-order valence-corrected chi connectivity index (χ1v) is 9.15. The van der Waals surface area contributed by atoms with Gasteiger partial charge in [-0.2, -0.15) is 11.8 Å². The molecular formula is C16H20ClFN2S. The van der Waals surface area contributed by atoms with Crippen molar-refractivity contribution in [1.82, 2.24) is 9.55 Å². The van der Waals surface area contributed by atoms with Crippen molar-refractivity contribution in [3.8, 4) is 0 Å². The first-order valence-electron chi connectivity index (χ1n) is 7.57. The van der Waals surface area contributed by atoms with Gasteiger partial charge < -0.3 is 4.57 Å². The van der Waals surface area contributed by atoms with Crippen molar-refractivity contribution in [2.75, 3.05) is 11.6 Å². The number of nitrogens with zero attached hydrogens (tertiary/aromatic N) is 2. The summed E-state index contributed by atoms with van der Waals surface area (Å²) in [5, 5.41) is 0.717. The maximum Gasteiger partial charge on any atom is 0.151 e. The van der Waals surface area contributed by atoms with Crippen molar-refractivity contribution in [1.29, 1.82) is 0 Å². The Hall–Kier alpha value is -0.740. The number of hydrogen-bond donors (Lipinski definition) is 0. The predicted octanol–water partition coefficient (Wildman–Crippen LogP) is 4.80. The molecule has 1 aromatic heterocycles. The van der Waals surface area contributed by atoms with E-state index in [0.717, 1.165) is 35.2 Å². The molecule has 2 aromatic rings. The number of aryl methyl sites for hydroxylation is 1. The second kappa shape index (κ2) is 6.57. The highest BCUT2D eigenvalue weighted by molar-refractivity contribution is 7.99. The lowest BCUT2D eigenvalue weighted by atomic mass is 10.2. The van der Waals surface area contributed by atoms with Gasteiger partial charge in [-0.05, 0) is 37.1 Å². The number of rotatable bonds is 5. The van der Waals surface area contributed by atoms with Gasteiger partial charge in [-0.15, -0.1) is 11.6 Å². The maximum atomic E-state index is 14.0. The third kappa shape index (κ3) is 2.93. The maximum absolute atomic E-state index is 14.0. The Labute approximate surface area is 134 Å². The molecule has 1 fully saturated rings. The molecule has 1 heterocycles. The van der Waals surface area contributed by atoms with Crippen molar-refractivity contribution in [3.05, 3.63) is 29.8 Å². The number of thioether (sulfide) groups is 1. The van der Waals surface area contributed by atoms with Crippen molar-refractivity contribution in [2.24, 2.45) is 0 Å². The first kappa shape index (κ1) is 15.2. The van der Waals surface area contributed by atoms with Gasteiger partial charge in [0.15, 0.2) is 5.82 Å². The zero-order valence-corrected chi connectivity index (χ0v) is 13.8. The van der Waals surface area contributed by atoms with Crippen LogP contribution in [-0.2, 0) is 6.42 Å². The minimum Gasteiger partial charge on any atom is -0.325 e. The normalized spacial score (nSPS) is 22.2. The number of para-hydroxylation sites is 1. The molecule has 21 heavy (non-hydrogen) atoms. The summed E-state index contributed by atoms with van der Waals surface area (Å²) in [6.07, 6.45) is 4.22. The van der Waals surface area contributed by atoms with Gasteiger partial charge in [-0.1, -0.05) is 13.0 Å². The fourth-order valence-corrected chi connectivity index (χ4v) is 4.64. The number of imidazole rings is 1. The van der Waals surface area contributed by atoms with Crippen LogP contribution in [0.1, 0.15) is 38.1 Å². The molecule has 1 saturated carbocycles. The lowest BCUT2D eigenvalue weighted by Crippen LogP contribution is -2.11. The van der Waals surface area contributed by atoms with E-state index in [9.17, 15) is 4.39 Å². The molecular weight excluding hydrogens is 307 g/mol. The largest absolute Gasteiger partial charge is 0.325 e. The van der Waals surface area contributed by atoms with Crippen LogP contribution in [-0.4, -0.2) is 26.4 Å². The van der Waals surface area contributed by atoms with Gasteiger partial charge >= 0.3 is 0 Å². The van der Waals surface area contributed by atoms with Crippen LogP contribution in [0.15, 0.2) is 18.2 Å². The zero-order valence-electron chi connectivity index (χ0n) is 12.2. The zero-order chi connectivity index (χ0) is 14.8. The number of benzene rings is 1. The van der Waals surface area contributed by atoms with Crippen LogP contribution >= 0.6 is 23.4 Å². The fraction of sp³-hybridized carbons (Fsp3) is 0.562. The minimum absolute atomic E-state index is 0.237. The third-order valence-corrected chi connectivity index (χ3v) is 5.61. The first-order chi connectivity index (χ1) is 10.2. The van der Waals surface area contributed by atoms with Crippen LogP contribution in [0.25, 0.3) is 11.0 Å². The average Bonchev–Trinajstić information content (AvgIpc) is 3.05. The molecule has 0 radical (unpaired) electrons. The van der Waals surface area contributed by atoms with E-state index in [1.54, 1.807) is 6.07 Å². The molecule has 1 aliphatic rings. The van der Waals surface area contributed by atoms with Crippen LogP contribution in [0.5, 0.6) is 0 Å². The smallest absolute Gasteiger partial charge is 0.151 e. The van der Waals surface area contributed by atoms with Crippen molar-refractivity contribution >= 4 is 34.4 Å². The Kier molecular flexibility index (Phi) is 4.75. The Morgan fingerprint density at radius 2 is 2.29 bits per heavy atom. The summed E-state index contributed by atoms with van der Waals surface area (Å²) < 4.78 is 16.2. The average molecular weight is 327 g/mol. The molecule has 3 rings (SSSR count). The Morgan fingerprint density at radius 1 is 1.43 bits per heavy atom. The molecule has 2 unspecified atom stereocenters. The lowest BCUT2D eigenvalue weighted by molar-refractivity contribution is 0.514.